The fraction of sp³-hybridized carbons (Fsp3) is 0.118. The molecular formula is C17H13NO4S. The van der Waals surface area contributed by atoms with Gasteiger partial charge in [0.2, 0.25) is 5.78 Å². The van der Waals surface area contributed by atoms with E-state index >= 15 is 0 Å². The summed E-state index contributed by atoms with van der Waals surface area (Å²) in [6.45, 7) is 1.59. The predicted octanol–water partition coefficient (Wildman–Crippen LogP) is 3.42. The second kappa shape index (κ2) is 5.81. The number of aromatic hydroxyl groups is 1. The minimum atomic E-state index is -0.919. The number of hydrogen-bond donors (Lipinski definition) is 2. The number of carbonyl (C=O) groups is 2. The van der Waals surface area contributed by atoms with Crippen LogP contribution in [0.5, 0.6) is 5.75 Å². The van der Waals surface area contributed by atoms with Crippen molar-refractivity contribution >= 4 is 33.3 Å². The molecule has 1 aromatic carbocycles. The first-order valence-electron chi connectivity index (χ1n) is 6.93. The Kier molecular flexibility index (Phi) is 3.83. The molecule has 6 heteroatoms. The maximum absolute atomic E-state index is 12.6. The van der Waals surface area contributed by atoms with Crippen LogP contribution in [0.2, 0.25) is 0 Å². The molecule has 0 aliphatic heterocycles. The molecule has 2 aromatic heterocycles. The van der Waals surface area contributed by atoms with E-state index in [1.165, 1.54) is 0 Å². The van der Waals surface area contributed by atoms with Crippen molar-refractivity contribution in [2.24, 2.45) is 0 Å². The molecule has 0 bridgehead atoms. The maximum Gasteiger partial charge on any atom is 0.310 e. The lowest BCUT2D eigenvalue weighted by molar-refractivity contribution is -0.138. The molecule has 0 fully saturated rings. The first-order chi connectivity index (χ1) is 11.0. The number of fused-ring (bicyclic) bond motifs is 1. The molecule has 23 heavy (non-hydrogen) atoms. The van der Waals surface area contributed by atoms with Gasteiger partial charge in [0.05, 0.1) is 11.3 Å². The number of pyridine rings is 1. The molecule has 5 nitrogen and oxygen atoms in total. The molecule has 0 amide bonds. The van der Waals surface area contributed by atoms with Crippen LogP contribution in [0.15, 0.2) is 42.6 Å². The van der Waals surface area contributed by atoms with Gasteiger partial charge in [0.1, 0.15) is 15.5 Å². The van der Waals surface area contributed by atoms with Crippen molar-refractivity contribution in [3.8, 4) is 5.75 Å². The summed E-state index contributed by atoms with van der Waals surface area (Å²) >= 11 is 1.14. The van der Waals surface area contributed by atoms with Crippen molar-refractivity contribution in [1.82, 2.24) is 4.98 Å². The third-order valence-electron chi connectivity index (χ3n) is 3.69. The van der Waals surface area contributed by atoms with E-state index in [9.17, 15) is 14.7 Å². The van der Waals surface area contributed by atoms with E-state index in [4.69, 9.17) is 5.11 Å². The fourth-order valence-corrected chi connectivity index (χ4v) is 3.27. The molecule has 0 radical (unpaired) electrons. The molecule has 0 spiro atoms. The molecule has 2 N–H and O–H groups in total. The number of ketones is 1. The highest BCUT2D eigenvalue weighted by Gasteiger charge is 2.20. The lowest BCUT2D eigenvalue weighted by Crippen LogP contribution is -2.07. The summed E-state index contributed by atoms with van der Waals surface area (Å²) in [7, 11) is 0. The highest BCUT2D eigenvalue weighted by atomic mass is 32.1. The topological polar surface area (TPSA) is 87.5 Å². The first-order valence-corrected chi connectivity index (χ1v) is 7.74. The zero-order valence-electron chi connectivity index (χ0n) is 12.2. The summed E-state index contributed by atoms with van der Waals surface area (Å²) in [6.07, 6.45) is 1.61. The number of aliphatic carboxylic acids is 1. The Hall–Kier alpha value is -2.73. The number of carboxylic acids is 1. The highest BCUT2D eigenvalue weighted by molar-refractivity contribution is 7.21. The van der Waals surface area contributed by atoms with Crippen LogP contribution in [0.3, 0.4) is 0 Å². The van der Waals surface area contributed by atoms with Crippen LogP contribution in [0, 0.1) is 0 Å². The average molecular weight is 327 g/mol. The molecule has 0 saturated carbocycles. The molecule has 0 aliphatic carbocycles. The van der Waals surface area contributed by atoms with Crippen LogP contribution in [0.1, 0.15) is 33.6 Å². The van der Waals surface area contributed by atoms with Gasteiger partial charge in [0.25, 0.3) is 0 Å². The van der Waals surface area contributed by atoms with Crippen LogP contribution in [0.25, 0.3) is 10.2 Å². The Morgan fingerprint density at radius 3 is 2.48 bits per heavy atom. The molecule has 3 rings (SSSR count). The van der Waals surface area contributed by atoms with E-state index in [0.717, 1.165) is 11.3 Å². The van der Waals surface area contributed by atoms with Gasteiger partial charge >= 0.3 is 5.97 Å². The van der Waals surface area contributed by atoms with Crippen LogP contribution >= 0.6 is 11.3 Å². The van der Waals surface area contributed by atoms with Crippen LogP contribution < -0.4 is 0 Å². The van der Waals surface area contributed by atoms with E-state index in [2.05, 4.69) is 4.98 Å². The Morgan fingerprint density at radius 1 is 1.17 bits per heavy atom. The standard InChI is InChI=1S/C17H13NO4S/c1-9(17(21)22)10-4-6-11(7-5-10)13(19)15-14(20)12-3-2-8-18-16(12)23-15/h2-9,20H,1H3,(H,21,22). The Labute approximate surface area is 135 Å². The SMILES string of the molecule is CC(C(=O)O)c1ccc(C(=O)c2sc3ncccc3c2O)cc1. The smallest absolute Gasteiger partial charge is 0.310 e. The zero-order valence-corrected chi connectivity index (χ0v) is 13.0. The molecule has 1 atom stereocenters. The molecular weight excluding hydrogens is 314 g/mol. The fourth-order valence-electron chi connectivity index (χ4n) is 2.27. The van der Waals surface area contributed by atoms with Crippen molar-refractivity contribution in [3.05, 3.63) is 58.6 Å². The second-order valence-corrected chi connectivity index (χ2v) is 6.15. The van der Waals surface area contributed by atoms with Gasteiger partial charge in [-0.15, -0.1) is 11.3 Å². The molecule has 0 saturated heterocycles. The van der Waals surface area contributed by atoms with Gasteiger partial charge in [0, 0.05) is 11.8 Å². The summed E-state index contributed by atoms with van der Waals surface area (Å²) in [5, 5.41) is 19.8. The predicted molar refractivity (Wildman–Crippen MR) is 87.2 cm³/mol. The van der Waals surface area contributed by atoms with Gasteiger partial charge in [-0.25, -0.2) is 4.98 Å². The number of nitrogens with zero attached hydrogens (tertiary/aromatic N) is 1. The molecule has 116 valence electrons. The Bertz CT molecular complexity index is 899. The van der Waals surface area contributed by atoms with Crippen molar-refractivity contribution in [2.75, 3.05) is 0 Å². The first kappa shape index (κ1) is 15.2. The van der Waals surface area contributed by atoms with Gasteiger partial charge < -0.3 is 10.2 Å². The van der Waals surface area contributed by atoms with E-state index in [1.54, 1.807) is 49.5 Å². The molecule has 0 aliphatic rings. The van der Waals surface area contributed by atoms with E-state index in [-0.39, 0.29) is 16.4 Å². The lowest BCUT2D eigenvalue weighted by atomic mass is 9.98. The number of rotatable bonds is 4. The van der Waals surface area contributed by atoms with Gasteiger partial charge in [-0.2, -0.15) is 0 Å². The zero-order chi connectivity index (χ0) is 16.6. The van der Waals surface area contributed by atoms with Crippen LogP contribution in [-0.2, 0) is 4.79 Å². The number of thiophene rings is 1. The normalized spacial score (nSPS) is 12.2. The highest BCUT2D eigenvalue weighted by Crippen LogP contribution is 2.36. The monoisotopic (exact) mass is 327 g/mol. The lowest BCUT2D eigenvalue weighted by Gasteiger charge is -2.07. The maximum atomic E-state index is 12.6. The van der Waals surface area contributed by atoms with Crippen molar-refractivity contribution in [1.29, 1.82) is 0 Å². The van der Waals surface area contributed by atoms with Crippen LogP contribution in [-0.4, -0.2) is 26.9 Å². The van der Waals surface area contributed by atoms with Crippen LogP contribution in [0.4, 0.5) is 0 Å². The van der Waals surface area contributed by atoms with Gasteiger partial charge in [-0.05, 0) is 24.6 Å². The summed E-state index contributed by atoms with van der Waals surface area (Å²) in [5.74, 6) is -1.93. The summed E-state index contributed by atoms with van der Waals surface area (Å²) in [5.41, 5.74) is 1.02. The summed E-state index contributed by atoms with van der Waals surface area (Å²) in [4.78, 5) is 28.5. The van der Waals surface area contributed by atoms with Gasteiger partial charge in [-0.1, -0.05) is 24.3 Å². The number of benzene rings is 1. The molecule has 3 aromatic rings. The number of aromatic nitrogens is 1. The van der Waals surface area contributed by atoms with E-state index in [0.29, 0.717) is 21.3 Å². The second-order valence-electron chi connectivity index (χ2n) is 5.15. The number of carboxylic acid groups (broad SMARTS) is 1. The van der Waals surface area contributed by atoms with E-state index < -0.39 is 11.9 Å². The third-order valence-corrected chi connectivity index (χ3v) is 4.79. The summed E-state index contributed by atoms with van der Waals surface area (Å²) in [6, 6.07) is 9.81. The quantitative estimate of drug-likeness (QED) is 0.717. The average Bonchev–Trinajstić information content (AvgIpc) is 2.91. The third kappa shape index (κ3) is 2.68. The Morgan fingerprint density at radius 2 is 1.87 bits per heavy atom. The van der Waals surface area contributed by atoms with Crippen molar-refractivity contribution in [2.45, 2.75) is 12.8 Å². The van der Waals surface area contributed by atoms with Gasteiger partial charge in [-0.3, -0.25) is 9.59 Å². The Balaban J connectivity index is 1.96. The largest absolute Gasteiger partial charge is 0.506 e. The minimum Gasteiger partial charge on any atom is -0.506 e. The van der Waals surface area contributed by atoms with Gasteiger partial charge in [0.15, 0.2) is 0 Å². The minimum absolute atomic E-state index is 0.0638. The number of hydrogen-bond acceptors (Lipinski definition) is 5. The van der Waals surface area contributed by atoms with E-state index in [1.807, 2.05) is 0 Å². The van der Waals surface area contributed by atoms with Crippen molar-refractivity contribution in [3.63, 3.8) is 0 Å². The van der Waals surface area contributed by atoms with Crippen molar-refractivity contribution < 1.29 is 19.8 Å². The number of carbonyl (C=O) groups excluding carboxylic acids is 1. The molecule has 1 unspecified atom stereocenters. The molecule has 2 heterocycles. The summed E-state index contributed by atoms with van der Waals surface area (Å²) < 4.78 is 0.